The van der Waals surface area contributed by atoms with Crippen LogP contribution in [0.25, 0.3) is 32.6 Å². The maximum atomic E-state index is 13.4. The lowest BCUT2D eigenvalue weighted by atomic mass is 10.0. The second kappa shape index (κ2) is 10.5. The van der Waals surface area contributed by atoms with Gasteiger partial charge in [-0.05, 0) is 36.1 Å². The van der Waals surface area contributed by atoms with E-state index >= 15 is 0 Å². The number of benzene rings is 3. The minimum absolute atomic E-state index is 0.147. The number of methoxy groups -OCH3 is 2. The van der Waals surface area contributed by atoms with Crippen LogP contribution in [-0.4, -0.2) is 41.3 Å². The predicted molar refractivity (Wildman–Crippen MR) is 143 cm³/mol. The second-order valence-electron chi connectivity index (χ2n) is 8.33. The maximum absolute atomic E-state index is 13.4. The molecule has 36 heavy (non-hydrogen) atoms. The lowest BCUT2D eigenvalue weighted by Gasteiger charge is -2.14. The second-order valence-corrected chi connectivity index (χ2v) is 9.27. The number of hydrogen-bond donors (Lipinski definition) is 0. The summed E-state index contributed by atoms with van der Waals surface area (Å²) in [7, 11) is 2.97. The molecule has 2 heterocycles. The molecule has 2 aromatic heterocycles. The van der Waals surface area contributed by atoms with E-state index in [0.717, 1.165) is 27.4 Å². The molecular formula is C28H25N3O4S. The molecule has 0 N–H and O–H groups in total. The molecule has 182 valence electrons. The molecule has 0 aliphatic rings. The summed E-state index contributed by atoms with van der Waals surface area (Å²) in [6, 6.07) is 21.2. The van der Waals surface area contributed by atoms with Crippen LogP contribution >= 0.6 is 11.8 Å². The molecule has 7 nitrogen and oxygen atoms in total. The highest BCUT2D eigenvalue weighted by Gasteiger charge is 2.16. The zero-order chi connectivity index (χ0) is 25.1. The number of thioether (sulfide) groups is 1. The molecule has 8 heteroatoms. The molecule has 0 amide bonds. The fourth-order valence-corrected chi connectivity index (χ4v) is 5.32. The van der Waals surface area contributed by atoms with E-state index in [1.807, 2.05) is 30.3 Å². The lowest BCUT2D eigenvalue weighted by molar-refractivity contribution is 0.0601. The number of aromatic nitrogens is 3. The SMILES string of the molecule is COCCCn1c(SCc2nc3ccccc3c3ccccc23)nc2cc(C(=O)OC)ccc2c1=O. The van der Waals surface area contributed by atoms with Crippen LogP contribution < -0.4 is 5.56 Å². The largest absolute Gasteiger partial charge is 0.465 e. The number of fused-ring (bicyclic) bond motifs is 4. The molecule has 0 aliphatic carbocycles. The van der Waals surface area contributed by atoms with Crippen molar-refractivity contribution in [2.45, 2.75) is 23.9 Å². The quantitative estimate of drug-likeness (QED) is 0.0952. The number of pyridine rings is 1. The molecule has 0 spiro atoms. The molecule has 0 unspecified atom stereocenters. The molecule has 0 fully saturated rings. The third kappa shape index (κ3) is 4.57. The van der Waals surface area contributed by atoms with E-state index in [1.165, 1.54) is 18.9 Å². The van der Waals surface area contributed by atoms with Gasteiger partial charge in [-0.3, -0.25) is 14.3 Å². The van der Waals surface area contributed by atoms with Crippen molar-refractivity contribution in [3.05, 3.63) is 88.3 Å². The van der Waals surface area contributed by atoms with Crippen molar-refractivity contribution in [1.82, 2.24) is 14.5 Å². The fourth-order valence-electron chi connectivity index (χ4n) is 4.34. The molecule has 0 atom stereocenters. The van der Waals surface area contributed by atoms with Gasteiger partial charge in [0.05, 0.1) is 34.8 Å². The normalized spacial score (nSPS) is 11.4. The van der Waals surface area contributed by atoms with Crippen molar-refractivity contribution in [2.24, 2.45) is 0 Å². The minimum atomic E-state index is -0.469. The van der Waals surface area contributed by atoms with E-state index in [1.54, 1.807) is 29.9 Å². The van der Waals surface area contributed by atoms with Gasteiger partial charge in [0.2, 0.25) is 0 Å². The molecule has 0 saturated carbocycles. The van der Waals surface area contributed by atoms with E-state index in [9.17, 15) is 9.59 Å². The molecule has 0 radical (unpaired) electrons. The average Bonchev–Trinajstić information content (AvgIpc) is 2.92. The summed E-state index contributed by atoms with van der Waals surface area (Å²) >= 11 is 1.46. The van der Waals surface area contributed by atoms with Crippen LogP contribution in [0.15, 0.2) is 76.7 Å². The van der Waals surface area contributed by atoms with E-state index in [2.05, 4.69) is 18.2 Å². The summed E-state index contributed by atoms with van der Waals surface area (Å²) in [4.78, 5) is 35.2. The Labute approximate surface area is 212 Å². The Balaban J connectivity index is 1.58. The summed E-state index contributed by atoms with van der Waals surface area (Å²) in [5, 5.41) is 4.36. The Bertz CT molecular complexity index is 1650. The van der Waals surface area contributed by atoms with Crippen molar-refractivity contribution >= 4 is 50.3 Å². The topological polar surface area (TPSA) is 83.3 Å². The van der Waals surface area contributed by atoms with Gasteiger partial charge in [-0.25, -0.2) is 9.78 Å². The summed E-state index contributed by atoms with van der Waals surface area (Å²) in [5.41, 5.74) is 2.53. The van der Waals surface area contributed by atoms with E-state index < -0.39 is 5.97 Å². The van der Waals surface area contributed by atoms with Gasteiger partial charge in [0.25, 0.3) is 5.56 Å². The van der Waals surface area contributed by atoms with Gasteiger partial charge < -0.3 is 9.47 Å². The van der Waals surface area contributed by atoms with Gasteiger partial charge in [-0.1, -0.05) is 54.2 Å². The summed E-state index contributed by atoms with van der Waals surface area (Å²) in [5.74, 6) is 0.0635. The minimum Gasteiger partial charge on any atom is -0.465 e. The highest BCUT2D eigenvalue weighted by Crippen LogP contribution is 2.30. The summed E-state index contributed by atoms with van der Waals surface area (Å²) < 4.78 is 11.7. The van der Waals surface area contributed by atoms with Gasteiger partial charge in [-0.15, -0.1) is 0 Å². The van der Waals surface area contributed by atoms with Crippen molar-refractivity contribution < 1.29 is 14.3 Å². The molecule has 5 rings (SSSR count). The van der Waals surface area contributed by atoms with Gasteiger partial charge in [0.1, 0.15) is 0 Å². The number of ether oxygens (including phenoxy) is 2. The smallest absolute Gasteiger partial charge is 0.337 e. The standard InChI is InChI=1S/C28H25N3O4S/c1-34-15-7-14-31-26(32)22-13-12-18(27(33)35-2)16-24(22)30-28(31)36-17-25-21-10-4-3-8-19(21)20-9-5-6-11-23(20)29-25/h3-6,8-13,16H,7,14-15,17H2,1-2H3. The average molecular weight is 500 g/mol. The Morgan fingerprint density at radius 2 is 1.64 bits per heavy atom. The number of esters is 1. The Morgan fingerprint density at radius 3 is 2.42 bits per heavy atom. The Hall–Kier alpha value is -3.75. The van der Waals surface area contributed by atoms with Crippen LogP contribution in [0.4, 0.5) is 0 Å². The van der Waals surface area contributed by atoms with Crippen molar-refractivity contribution in [1.29, 1.82) is 0 Å². The number of nitrogens with zero attached hydrogens (tertiary/aromatic N) is 3. The van der Waals surface area contributed by atoms with Gasteiger partial charge in [0.15, 0.2) is 5.16 Å². The van der Waals surface area contributed by atoms with E-state index in [0.29, 0.717) is 46.9 Å². The van der Waals surface area contributed by atoms with Crippen LogP contribution in [-0.2, 0) is 21.8 Å². The van der Waals surface area contributed by atoms with Crippen molar-refractivity contribution in [3.63, 3.8) is 0 Å². The molecule has 0 saturated heterocycles. The van der Waals surface area contributed by atoms with Crippen LogP contribution in [0.5, 0.6) is 0 Å². The first kappa shape index (κ1) is 24.0. The fraction of sp³-hybridized carbons (Fsp3) is 0.214. The highest BCUT2D eigenvalue weighted by atomic mass is 32.2. The predicted octanol–water partition coefficient (Wildman–Crippen LogP) is 5.21. The van der Waals surface area contributed by atoms with Crippen LogP contribution in [0.1, 0.15) is 22.5 Å². The maximum Gasteiger partial charge on any atom is 0.337 e. The third-order valence-electron chi connectivity index (χ3n) is 6.10. The van der Waals surface area contributed by atoms with Crippen LogP contribution in [0, 0.1) is 0 Å². The first-order valence-electron chi connectivity index (χ1n) is 11.6. The monoisotopic (exact) mass is 499 g/mol. The number of rotatable bonds is 8. The highest BCUT2D eigenvalue weighted by molar-refractivity contribution is 7.98. The molecule has 3 aromatic carbocycles. The number of para-hydroxylation sites is 1. The van der Waals surface area contributed by atoms with Gasteiger partial charge in [0, 0.05) is 36.8 Å². The van der Waals surface area contributed by atoms with E-state index in [-0.39, 0.29) is 5.56 Å². The molecule has 0 bridgehead atoms. The molecular weight excluding hydrogens is 474 g/mol. The number of carbonyl (C=O) groups excluding carboxylic acids is 1. The van der Waals surface area contributed by atoms with Crippen LogP contribution in [0.3, 0.4) is 0 Å². The summed E-state index contributed by atoms with van der Waals surface area (Å²) in [6.45, 7) is 1.01. The van der Waals surface area contributed by atoms with Crippen molar-refractivity contribution in [2.75, 3.05) is 20.8 Å². The Kier molecular flexibility index (Phi) is 6.97. The zero-order valence-electron chi connectivity index (χ0n) is 20.1. The summed E-state index contributed by atoms with van der Waals surface area (Å²) in [6.07, 6.45) is 0.675. The van der Waals surface area contributed by atoms with E-state index in [4.69, 9.17) is 19.4 Å². The third-order valence-corrected chi connectivity index (χ3v) is 7.08. The lowest BCUT2D eigenvalue weighted by Crippen LogP contribution is -2.24. The molecule has 0 aliphatic heterocycles. The van der Waals surface area contributed by atoms with Gasteiger partial charge >= 0.3 is 5.97 Å². The first-order chi connectivity index (χ1) is 17.6. The van der Waals surface area contributed by atoms with Crippen molar-refractivity contribution in [3.8, 4) is 0 Å². The zero-order valence-corrected chi connectivity index (χ0v) is 20.9. The van der Waals surface area contributed by atoms with Gasteiger partial charge in [-0.2, -0.15) is 0 Å². The first-order valence-corrected chi connectivity index (χ1v) is 12.6. The number of carbonyl (C=O) groups is 1. The van der Waals surface area contributed by atoms with Crippen LogP contribution in [0.2, 0.25) is 0 Å². The number of hydrogen-bond acceptors (Lipinski definition) is 7. The molecule has 5 aromatic rings. The Morgan fingerprint density at radius 1 is 0.889 bits per heavy atom.